The van der Waals surface area contributed by atoms with Crippen LogP contribution in [0.1, 0.15) is 24.8 Å². The number of nitrogens with one attached hydrogen (secondary N) is 2. The Morgan fingerprint density at radius 2 is 2.06 bits per heavy atom. The molecule has 8 heteroatoms. The molecule has 5 rings (SSSR count). The molecule has 2 aromatic carbocycles. The van der Waals surface area contributed by atoms with Gasteiger partial charge in [-0.05, 0) is 56.1 Å². The van der Waals surface area contributed by atoms with Crippen LogP contribution in [-0.4, -0.2) is 43.5 Å². The topological polar surface area (TPSA) is 79.9 Å². The number of anilines is 2. The molecule has 0 radical (unpaired) electrons. The molecule has 3 heterocycles. The lowest BCUT2D eigenvalue weighted by molar-refractivity contribution is -0.135. The van der Waals surface area contributed by atoms with E-state index in [4.69, 9.17) is 9.47 Å². The van der Waals surface area contributed by atoms with Crippen LogP contribution in [0.5, 0.6) is 11.5 Å². The largest absolute Gasteiger partial charge is 0.497 e. The molecule has 1 spiro atoms. The first-order valence-corrected chi connectivity index (χ1v) is 11.2. The van der Waals surface area contributed by atoms with Crippen LogP contribution in [0, 0.1) is 5.92 Å². The van der Waals surface area contributed by atoms with E-state index in [1.54, 1.807) is 32.4 Å². The summed E-state index contributed by atoms with van der Waals surface area (Å²) in [7, 11) is 3.13. The third-order valence-corrected chi connectivity index (χ3v) is 7.30. The van der Waals surface area contributed by atoms with Crippen molar-refractivity contribution in [1.29, 1.82) is 0 Å². The van der Waals surface area contributed by atoms with E-state index in [9.17, 15) is 9.59 Å². The van der Waals surface area contributed by atoms with E-state index in [1.807, 2.05) is 18.2 Å². The van der Waals surface area contributed by atoms with Crippen molar-refractivity contribution >= 4 is 39.1 Å². The molecular weight excluding hydrogens is 462 g/mol. The van der Waals surface area contributed by atoms with E-state index in [0.29, 0.717) is 23.6 Å². The van der Waals surface area contributed by atoms with Gasteiger partial charge in [0, 0.05) is 27.8 Å². The monoisotopic (exact) mass is 485 g/mol. The van der Waals surface area contributed by atoms with Gasteiger partial charge in [-0.2, -0.15) is 0 Å². The van der Waals surface area contributed by atoms with Crippen molar-refractivity contribution in [3.8, 4) is 11.5 Å². The highest BCUT2D eigenvalue weighted by molar-refractivity contribution is 9.10. The van der Waals surface area contributed by atoms with E-state index < -0.39 is 11.5 Å². The van der Waals surface area contributed by atoms with Crippen molar-refractivity contribution in [3.05, 3.63) is 46.4 Å². The number of halogens is 1. The first-order valence-electron chi connectivity index (χ1n) is 10.4. The predicted octanol–water partition coefficient (Wildman–Crippen LogP) is 3.74. The van der Waals surface area contributed by atoms with Gasteiger partial charge in [-0.3, -0.25) is 14.5 Å². The van der Waals surface area contributed by atoms with Gasteiger partial charge < -0.3 is 20.1 Å². The number of nitrogens with zero attached hydrogens (tertiary/aromatic N) is 1. The second-order valence-electron chi connectivity index (χ2n) is 8.24. The quantitative estimate of drug-likeness (QED) is 0.689. The van der Waals surface area contributed by atoms with Crippen LogP contribution < -0.4 is 20.1 Å². The Morgan fingerprint density at radius 3 is 2.84 bits per heavy atom. The summed E-state index contributed by atoms with van der Waals surface area (Å²) < 4.78 is 11.6. The van der Waals surface area contributed by atoms with Crippen LogP contribution in [0.25, 0.3) is 0 Å². The molecule has 162 valence electrons. The molecule has 0 bridgehead atoms. The average molecular weight is 486 g/mol. The summed E-state index contributed by atoms with van der Waals surface area (Å²) in [6, 6.07) is 11.3. The van der Waals surface area contributed by atoms with Crippen molar-refractivity contribution in [2.24, 2.45) is 5.92 Å². The Bertz CT molecular complexity index is 1070. The summed E-state index contributed by atoms with van der Waals surface area (Å²) in [4.78, 5) is 29.4. The summed E-state index contributed by atoms with van der Waals surface area (Å²) in [5.41, 5.74) is 1.17. The van der Waals surface area contributed by atoms with Crippen molar-refractivity contribution in [2.75, 3.05) is 31.4 Å². The van der Waals surface area contributed by atoms with E-state index in [1.165, 1.54) is 0 Å². The summed E-state index contributed by atoms with van der Waals surface area (Å²) >= 11 is 3.54. The van der Waals surface area contributed by atoms with Gasteiger partial charge in [0.2, 0.25) is 11.8 Å². The van der Waals surface area contributed by atoms with E-state index >= 15 is 0 Å². The van der Waals surface area contributed by atoms with Gasteiger partial charge in [-0.25, -0.2) is 0 Å². The maximum atomic E-state index is 13.7. The Labute approximate surface area is 189 Å². The number of ether oxygens (including phenoxy) is 2. The lowest BCUT2D eigenvalue weighted by Crippen LogP contribution is -2.53. The van der Waals surface area contributed by atoms with Crippen LogP contribution in [-0.2, 0) is 15.1 Å². The number of benzene rings is 2. The highest BCUT2D eigenvalue weighted by atomic mass is 79.9. The van der Waals surface area contributed by atoms with E-state index in [0.717, 1.165) is 35.1 Å². The predicted molar refractivity (Wildman–Crippen MR) is 120 cm³/mol. The Hall–Kier alpha value is -2.58. The maximum Gasteiger partial charge on any atom is 0.250 e. The zero-order valence-corrected chi connectivity index (χ0v) is 19.0. The molecule has 31 heavy (non-hydrogen) atoms. The highest BCUT2D eigenvalue weighted by Gasteiger charge is 2.65. The van der Waals surface area contributed by atoms with E-state index in [2.05, 4.69) is 31.5 Å². The molecule has 0 unspecified atom stereocenters. The van der Waals surface area contributed by atoms with Crippen molar-refractivity contribution in [2.45, 2.75) is 30.8 Å². The van der Waals surface area contributed by atoms with Gasteiger partial charge in [0.25, 0.3) is 0 Å². The van der Waals surface area contributed by atoms with Gasteiger partial charge in [0.05, 0.1) is 25.8 Å². The van der Waals surface area contributed by atoms with Crippen LogP contribution in [0.4, 0.5) is 11.4 Å². The molecule has 2 fully saturated rings. The Morgan fingerprint density at radius 1 is 1.23 bits per heavy atom. The summed E-state index contributed by atoms with van der Waals surface area (Å²) in [5.74, 6) is 0.322. The number of hydrogen-bond acceptors (Lipinski definition) is 5. The molecule has 3 aliphatic heterocycles. The standard InChI is InChI=1S/C23H24BrN3O4/c1-30-15-6-8-20(31-2)19(12-15)25-21(28)17-11-14-4-3-9-27(14)23(17)16-10-13(24)5-7-18(16)26-22(23)29/h5-8,10,12,14,17H,3-4,9,11H2,1-2H3,(H,25,28)(H,26,29)/t14-,17+,23-/m0/s1. The summed E-state index contributed by atoms with van der Waals surface area (Å²) in [5, 5.41) is 6.06. The zero-order chi connectivity index (χ0) is 21.8. The smallest absolute Gasteiger partial charge is 0.250 e. The fourth-order valence-corrected chi connectivity index (χ4v) is 5.89. The number of carbonyl (C=O) groups excluding carboxylic acids is 2. The molecule has 2 amide bonds. The number of hydrogen-bond donors (Lipinski definition) is 2. The molecule has 0 aromatic heterocycles. The molecule has 3 aliphatic rings. The average Bonchev–Trinajstić information content (AvgIpc) is 3.42. The second-order valence-corrected chi connectivity index (χ2v) is 9.16. The first kappa shape index (κ1) is 20.3. The number of fused-ring (bicyclic) bond motifs is 4. The van der Waals surface area contributed by atoms with Crippen molar-refractivity contribution < 1.29 is 19.1 Å². The van der Waals surface area contributed by atoms with Gasteiger partial charge in [0.1, 0.15) is 17.0 Å². The highest BCUT2D eigenvalue weighted by Crippen LogP contribution is 2.56. The molecule has 2 N–H and O–H groups in total. The van der Waals surface area contributed by atoms with Gasteiger partial charge >= 0.3 is 0 Å². The third kappa shape index (κ3) is 2.96. The molecule has 0 saturated carbocycles. The molecular formula is C23H24BrN3O4. The first-order chi connectivity index (χ1) is 15.0. The summed E-state index contributed by atoms with van der Waals surface area (Å²) in [6.45, 7) is 0.802. The van der Waals surface area contributed by atoms with Crippen LogP contribution in [0.3, 0.4) is 0 Å². The van der Waals surface area contributed by atoms with Crippen molar-refractivity contribution in [3.63, 3.8) is 0 Å². The van der Waals surface area contributed by atoms with Crippen LogP contribution in [0.2, 0.25) is 0 Å². The normalized spacial score (nSPS) is 26.5. The molecule has 3 atom stereocenters. The fourth-order valence-electron chi connectivity index (χ4n) is 5.53. The number of methoxy groups -OCH3 is 2. The minimum atomic E-state index is -1.00. The number of carbonyl (C=O) groups is 2. The molecule has 7 nitrogen and oxygen atoms in total. The zero-order valence-electron chi connectivity index (χ0n) is 17.4. The fraction of sp³-hybridized carbons (Fsp3) is 0.391. The van der Waals surface area contributed by atoms with Crippen LogP contribution in [0.15, 0.2) is 40.9 Å². The number of rotatable bonds is 4. The lowest BCUT2D eigenvalue weighted by Gasteiger charge is -2.36. The van der Waals surface area contributed by atoms with Gasteiger partial charge in [-0.15, -0.1) is 0 Å². The van der Waals surface area contributed by atoms with Gasteiger partial charge in [0.15, 0.2) is 0 Å². The molecule has 0 aliphatic carbocycles. The Balaban J connectivity index is 1.57. The minimum Gasteiger partial charge on any atom is -0.497 e. The third-order valence-electron chi connectivity index (χ3n) is 6.81. The second kappa shape index (κ2) is 7.53. The summed E-state index contributed by atoms with van der Waals surface area (Å²) in [6.07, 6.45) is 2.66. The Kier molecular flexibility index (Phi) is 4.94. The van der Waals surface area contributed by atoms with Crippen LogP contribution >= 0.6 is 15.9 Å². The number of amides is 2. The molecule has 2 aromatic rings. The SMILES string of the molecule is COc1ccc(OC)c(NC(=O)[C@H]2C[C@@H]3CCCN3[C@]23C(=O)Nc2ccc(Br)cc23)c1. The van der Waals surface area contributed by atoms with Crippen molar-refractivity contribution in [1.82, 2.24) is 4.90 Å². The lowest BCUT2D eigenvalue weighted by atomic mass is 9.78. The minimum absolute atomic E-state index is 0.122. The van der Waals surface area contributed by atoms with Gasteiger partial charge in [-0.1, -0.05) is 15.9 Å². The molecule has 2 saturated heterocycles. The van der Waals surface area contributed by atoms with E-state index in [-0.39, 0.29) is 17.9 Å². The maximum absolute atomic E-state index is 13.7.